The minimum atomic E-state index is -0.661. The van der Waals surface area contributed by atoms with E-state index < -0.39 is 11.6 Å². The molecule has 116 valence electrons. The Morgan fingerprint density at radius 2 is 1.95 bits per heavy atom. The van der Waals surface area contributed by atoms with E-state index in [1.165, 1.54) is 4.90 Å². The number of likely N-dealkylation sites (N-methyl/N-ethyl adjacent to an activating group) is 1. The number of nitrogens with zero attached hydrogens (tertiary/aromatic N) is 3. The molecule has 0 aromatic rings. The summed E-state index contributed by atoms with van der Waals surface area (Å²) in [5, 5.41) is 0. The molecule has 3 aliphatic rings. The molecule has 3 saturated heterocycles. The number of imide groups is 1. The van der Waals surface area contributed by atoms with Crippen LogP contribution in [-0.2, 0) is 9.59 Å². The number of hydrogen-bond acceptors (Lipinski definition) is 3. The molecule has 0 aliphatic carbocycles. The van der Waals surface area contributed by atoms with Crippen molar-refractivity contribution < 1.29 is 14.4 Å². The van der Waals surface area contributed by atoms with E-state index in [1.807, 2.05) is 13.8 Å². The molecule has 4 amide bonds. The standard InChI is InChI=1S/C15H23N3O3/c1-3-7-15-8-5-9-17(15)14(21)18(13(15)20)11-6-10-16(4-2)12(11)19/h11H,3-10H2,1-2H3/t11-,15-/m1/s1. The van der Waals surface area contributed by atoms with Gasteiger partial charge in [0.05, 0.1) is 0 Å². The molecule has 0 aromatic heterocycles. The van der Waals surface area contributed by atoms with Crippen LogP contribution < -0.4 is 0 Å². The Morgan fingerprint density at radius 1 is 1.19 bits per heavy atom. The number of rotatable bonds is 4. The Balaban J connectivity index is 1.90. The molecular weight excluding hydrogens is 270 g/mol. The molecule has 0 aromatic carbocycles. The lowest BCUT2D eigenvalue weighted by molar-refractivity contribution is -0.140. The highest BCUT2D eigenvalue weighted by Gasteiger charge is 2.61. The lowest BCUT2D eigenvalue weighted by atomic mass is 9.90. The van der Waals surface area contributed by atoms with Crippen molar-refractivity contribution in [2.45, 2.75) is 57.5 Å². The summed E-state index contributed by atoms with van der Waals surface area (Å²) in [6.07, 6.45) is 3.75. The van der Waals surface area contributed by atoms with Gasteiger partial charge in [0.25, 0.3) is 5.91 Å². The Morgan fingerprint density at radius 3 is 2.57 bits per heavy atom. The van der Waals surface area contributed by atoms with Gasteiger partial charge in [-0.15, -0.1) is 0 Å². The lowest BCUT2D eigenvalue weighted by Crippen LogP contribution is -2.48. The van der Waals surface area contributed by atoms with Crippen LogP contribution in [0.5, 0.6) is 0 Å². The van der Waals surface area contributed by atoms with Gasteiger partial charge in [-0.1, -0.05) is 13.3 Å². The largest absolute Gasteiger partial charge is 0.341 e. The van der Waals surface area contributed by atoms with Crippen LogP contribution in [0.25, 0.3) is 0 Å². The predicted molar refractivity (Wildman–Crippen MR) is 76.5 cm³/mol. The zero-order chi connectivity index (χ0) is 15.2. The molecule has 0 N–H and O–H groups in total. The maximum Gasteiger partial charge on any atom is 0.328 e. The predicted octanol–water partition coefficient (Wildman–Crippen LogP) is 1.20. The fraction of sp³-hybridized carbons (Fsp3) is 0.800. The highest BCUT2D eigenvalue weighted by atomic mass is 16.2. The van der Waals surface area contributed by atoms with E-state index in [4.69, 9.17) is 0 Å². The van der Waals surface area contributed by atoms with E-state index in [0.29, 0.717) is 32.5 Å². The second-order valence-electron chi connectivity index (χ2n) is 6.22. The summed E-state index contributed by atoms with van der Waals surface area (Å²) in [7, 11) is 0. The molecule has 6 heteroatoms. The first-order chi connectivity index (χ1) is 10.1. The van der Waals surface area contributed by atoms with Crippen LogP contribution in [0, 0.1) is 0 Å². The van der Waals surface area contributed by atoms with E-state index >= 15 is 0 Å². The van der Waals surface area contributed by atoms with E-state index in [2.05, 4.69) is 0 Å². The first-order valence-electron chi connectivity index (χ1n) is 8.01. The van der Waals surface area contributed by atoms with Crippen LogP contribution in [0.2, 0.25) is 0 Å². The van der Waals surface area contributed by atoms with Gasteiger partial charge >= 0.3 is 6.03 Å². The van der Waals surface area contributed by atoms with Gasteiger partial charge in [-0.25, -0.2) is 9.69 Å². The summed E-state index contributed by atoms with van der Waals surface area (Å²) in [6.45, 7) is 5.86. The average Bonchev–Trinajstić information content (AvgIpc) is 3.09. The Kier molecular flexibility index (Phi) is 3.42. The Hall–Kier alpha value is -1.59. The molecule has 0 spiro atoms. The first-order valence-corrected chi connectivity index (χ1v) is 8.01. The van der Waals surface area contributed by atoms with Crippen LogP contribution in [0.1, 0.15) is 46.0 Å². The summed E-state index contributed by atoms with van der Waals surface area (Å²) in [4.78, 5) is 42.7. The molecule has 3 aliphatic heterocycles. The maximum atomic E-state index is 12.9. The molecule has 3 fully saturated rings. The van der Waals surface area contributed by atoms with Crippen molar-refractivity contribution in [3.05, 3.63) is 0 Å². The number of likely N-dealkylation sites (tertiary alicyclic amines) is 1. The monoisotopic (exact) mass is 293 g/mol. The quantitative estimate of drug-likeness (QED) is 0.732. The van der Waals surface area contributed by atoms with Crippen molar-refractivity contribution in [1.29, 1.82) is 0 Å². The van der Waals surface area contributed by atoms with Gasteiger partial charge in [-0.3, -0.25) is 9.59 Å². The van der Waals surface area contributed by atoms with Crippen molar-refractivity contribution in [3.63, 3.8) is 0 Å². The molecule has 3 rings (SSSR count). The second kappa shape index (κ2) is 5.00. The van der Waals surface area contributed by atoms with Gasteiger partial charge in [0.15, 0.2) is 0 Å². The first kappa shape index (κ1) is 14.4. The zero-order valence-corrected chi connectivity index (χ0v) is 12.8. The number of fused-ring (bicyclic) bond motifs is 1. The third-order valence-electron chi connectivity index (χ3n) is 5.17. The van der Waals surface area contributed by atoms with Crippen molar-refractivity contribution in [2.24, 2.45) is 0 Å². The van der Waals surface area contributed by atoms with Crippen molar-refractivity contribution in [3.8, 4) is 0 Å². The fourth-order valence-electron chi connectivity index (χ4n) is 4.15. The maximum absolute atomic E-state index is 12.9. The number of hydrogen-bond donors (Lipinski definition) is 0. The minimum absolute atomic E-state index is 0.0768. The van der Waals surface area contributed by atoms with E-state index in [0.717, 1.165) is 19.3 Å². The third-order valence-corrected chi connectivity index (χ3v) is 5.17. The van der Waals surface area contributed by atoms with Crippen LogP contribution in [0.4, 0.5) is 4.79 Å². The molecular formula is C15H23N3O3. The summed E-state index contributed by atoms with van der Waals surface area (Å²) in [5.41, 5.74) is -0.661. The number of amides is 4. The summed E-state index contributed by atoms with van der Waals surface area (Å²) in [5.74, 6) is -0.213. The summed E-state index contributed by atoms with van der Waals surface area (Å²) in [6, 6.07) is -0.827. The number of carbonyl (C=O) groups is 3. The Labute approximate surface area is 125 Å². The van der Waals surface area contributed by atoms with Gasteiger partial charge in [0.2, 0.25) is 5.91 Å². The molecule has 0 radical (unpaired) electrons. The number of carbonyl (C=O) groups excluding carboxylic acids is 3. The summed E-state index contributed by atoms with van der Waals surface area (Å²) >= 11 is 0. The highest BCUT2D eigenvalue weighted by molar-refractivity contribution is 6.10. The van der Waals surface area contributed by atoms with E-state index in [1.54, 1.807) is 9.80 Å². The normalized spacial score (nSPS) is 32.6. The van der Waals surface area contributed by atoms with Crippen LogP contribution in [0.3, 0.4) is 0 Å². The van der Waals surface area contributed by atoms with Crippen LogP contribution in [-0.4, -0.2) is 63.8 Å². The zero-order valence-electron chi connectivity index (χ0n) is 12.8. The van der Waals surface area contributed by atoms with Crippen molar-refractivity contribution >= 4 is 17.8 Å². The SMILES string of the molecule is CCC[C@]12CCCN1C(=O)N([C@@H]1CCN(CC)C1=O)C2=O. The molecule has 2 atom stereocenters. The van der Waals surface area contributed by atoms with Gasteiger partial charge < -0.3 is 9.80 Å². The van der Waals surface area contributed by atoms with Crippen molar-refractivity contribution in [1.82, 2.24) is 14.7 Å². The smallest absolute Gasteiger partial charge is 0.328 e. The highest BCUT2D eigenvalue weighted by Crippen LogP contribution is 2.42. The van der Waals surface area contributed by atoms with Crippen LogP contribution in [0.15, 0.2) is 0 Å². The van der Waals surface area contributed by atoms with E-state index in [-0.39, 0.29) is 17.8 Å². The van der Waals surface area contributed by atoms with Crippen molar-refractivity contribution in [2.75, 3.05) is 19.6 Å². The van der Waals surface area contributed by atoms with Gasteiger partial charge in [0, 0.05) is 19.6 Å². The van der Waals surface area contributed by atoms with Gasteiger partial charge in [-0.05, 0) is 32.6 Å². The molecule has 6 nitrogen and oxygen atoms in total. The lowest BCUT2D eigenvalue weighted by Gasteiger charge is -2.27. The van der Waals surface area contributed by atoms with Gasteiger partial charge in [0.1, 0.15) is 11.6 Å². The van der Waals surface area contributed by atoms with Gasteiger partial charge in [-0.2, -0.15) is 0 Å². The van der Waals surface area contributed by atoms with E-state index in [9.17, 15) is 14.4 Å². The topological polar surface area (TPSA) is 60.9 Å². The fourth-order valence-corrected chi connectivity index (χ4v) is 4.15. The Bertz CT molecular complexity index is 493. The molecule has 0 unspecified atom stereocenters. The average molecular weight is 293 g/mol. The minimum Gasteiger partial charge on any atom is -0.341 e. The molecule has 21 heavy (non-hydrogen) atoms. The molecule has 3 heterocycles. The third kappa shape index (κ3) is 1.80. The second-order valence-corrected chi connectivity index (χ2v) is 6.22. The number of urea groups is 1. The molecule has 0 saturated carbocycles. The van der Waals surface area contributed by atoms with Crippen LogP contribution >= 0.6 is 0 Å². The summed E-state index contributed by atoms with van der Waals surface area (Å²) < 4.78 is 0. The molecule has 0 bridgehead atoms.